The Morgan fingerprint density at radius 1 is 1.67 bits per heavy atom. The van der Waals surface area contributed by atoms with Gasteiger partial charge in [0.2, 0.25) is 0 Å². The van der Waals surface area contributed by atoms with E-state index in [0.717, 1.165) is 19.2 Å². The van der Waals surface area contributed by atoms with Gasteiger partial charge in [-0.05, 0) is 31.5 Å². The van der Waals surface area contributed by atoms with E-state index in [9.17, 15) is 4.79 Å². The maximum atomic E-state index is 11.1. The maximum Gasteiger partial charge on any atom is 0.310 e. The van der Waals surface area contributed by atoms with Crippen LogP contribution in [0.15, 0.2) is 0 Å². The zero-order valence-corrected chi connectivity index (χ0v) is 9.28. The van der Waals surface area contributed by atoms with E-state index < -0.39 is 11.4 Å². The molecule has 1 aliphatic rings. The molecule has 86 valence electrons. The normalized spacial score (nSPS) is 30.5. The first-order valence-corrected chi connectivity index (χ1v) is 5.62. The first kappa shape index (κ1) is 12.5. The van der Waals surface area contributed by atoms with Crippen molar-refractivity contribution in [3.8, 4) is 0 Å². The van der Waals surface area contributed by atoms with Gasteiger partial charge in [-0.3, -0.25) is 4.79 Å². The molecule has 1 fully saturated rings. The van der Waals surface area contributed by atoms with E-state index in [2.05, 4.69) is 0 Å². The molecule has 4 nitrogen and oxygen atoms in total. The number of carbonyl (C=O) groups is 1. The van der Waals surface area contributed by atoms with E-state index in [1.165, 1.54) is 0 Å². The van der Waals surface area contributed by atoms with E-state index in [-0.39, 0.29) is 13.5 Å². The molecule has 0 bridgehead atoms. The lowest BCUT2D eigenvalue weighted by Gasteiger charge is -2.22. The second-order valence-corrected chi connectivity index (χ2v) is 4.82. The Morgan fingerprint density at radius 3 is 2.73 bits per heavy atom. The number of rotatable bonds is 5. The Labute approximate surface area is 91.0 Å². The van der Waals surface area contributed by atoms with Crippen LogP contribution >= 0.6 is 0 Å². The average molecular weight is 213 g/mol. The minimum Gasteiger partial charge on any atom is -0.481 e. The quantitative estimate of drug-likeness (QED) is 0.590. The molecule has 0 aliphatic heterocycles. The van der Waals surface area contributed by atoms with Crippen LogP contribution in [0.2, 0.25) is 13.1 Å². The number of carboxylic acid groups (broad SMARTS) is 1. The van der Waals surface area contributed by atoms with Crippen molar-refractivity contribution in [2.75, 3.05) is 6.54 Å². The molecular formula is C10H20BNO3. The fourth-order valence-corrected chi connectivity index (χ4v) is 2.43. The van der Waals surface area contributed by atoms with Crippen molar-refractivity contribution in [3.05, 3.63) is 0 Å². The van der Waals surface area contributed by atoms with Crippen molar-refractivity contribution >= 4 is 12.9 Å². The van der Waals surface area contributed by atoms with Crippen LogP contribution in [0.25, 0.3) is 0 Å². The highest BCUT2D eigenvalue weighted by molar-refractivity contribution is 6.48. The van der Waals surface area contributed by atoms with Gasteiger partial charge >= 0.3 is 5.97 Å². The van der Waals surface area contributed by atoms with Gasteiger partial charge in [-0.25, -0.2) is 0 Å². The maximum absolute atomic E-state index is 11.1. The van der Waals surface area contributed by atoms with Gasteiger partial charge in [-0.1, -0.05) is 13.2 Å². The van der Waals surface area contributed by atoms with Crippen molar-refractivity contribution in [2.24, 2.45) is 17.1 Å². The Bertz CT molecular complexity index is 235. The van der Waals surface area contributed by atoms with Gasteiger partial charge in [0, 0.05) is 6.54 Å². The molecule has 0 radical (unpaired) electrons. The Morgan fingerprint density at radius 2 is 2.33 bits per heavy atom. The Kier molecular flexibility index (Phi) is 4.17. The summed E-state index contributed by atoms with van der Waals surface area (Å²) in [4.78, 5) is 11.1. The predicted molar refractivity (Wildman–Crippen MR) is 59.7 cm³/mol. The minimum absolute atomic E-state index is 0.230. The van der Waals surface area contributed by atoms with Gasteiger partial charge in [0.25, 0.3) is 6.92 Å². The highest BCUT2D eigenvalue weighted by Gasteiger charge is 2.44. The smallest absolute Gasteiger partial charge is 0.310 e. The van der Waals surface area contributed by atoms with E-state index in [4.69, 9.17) is 15.9 Å². The summed E-state index contributed by atoms with van der Waals surface area (Å²) >= 11 is 0. The third kappa shape index (κ3) is 2.95. The molecule has 0 aromatic carbocycles. The number of aliphatic carboxylic acids is 1. The van der Waals surface area contributed by atoms with Crippen molar-refractivity contribution < 1.29 is 14.9 Å². The SMILES string of the molecule is CB(O)CCC1CCC(CN)(C(=O)O)C1. The van der Waals surface area contributed by atoms with Crippen LogP contribution in [0.3, 0.4) is 0 Å². The van der Waals surface area contributed by atoms with Gasteiger partial charge in [0.05, 0.1) is 5.41 Å². The topological polar surface area (TPSA) is 83.5 Å². The van der Waals surface area contributed by atoms with Gasteiger partial charge in [-0.2, -0.15) is 0 Å². The highest BCUT2D eigenvalue weighted by atomic mass is 16.4. The Balaban J connectivity index is 2.46. The zero-order valence-electron chi connectivity index (χ0n) is 9.28. The summed E-state index contributed by atoms with van der Waals surface area (Å²) in [6, 6.07) is 0. The fourth-order valence-electron chi connectivity index (χ4n) is 2.43. The second-order valence-electron chi connectivity index (χ2n) is 4.82. The molecule has 1 saturated carbocycles. The summed E-state index contributed by atoms with van der Waals surface area (Å²) < 4.78 is 0. The number of nitrogens with two attached hydrogens (primary N) is 1. The molecule has 0 amide bonds. The molecule has 2 unspecified atom stereocenters. The lowest BCUT2D eigenvalue weighted by molar-refractivity contribution is -0.148. The van der Waals surface area contributed by atoms with E-state index >= 15 is 0 Å². The first-order valence-electron chi connectivity index (χ1n) is 5.62. The fraction of sp³-hybridized carbons (Fsp3) is 0.900. The van der Waals surface area contributed by atoms with Crippen LogP contribution in [0.5, 0.6) is 0 Å². The summed E-state index contributed by atoms with van der Waals surface area (Å²) in [5, 5.41) is 18.3. The highest BCUT2D eigenvalue weighted by Crippen LogP contribution is 2.43. The summed E-state index contributed by atoms with van der Waals surface area (Å²) in [6.45, 7) is 1.71. The van der Waals surface area contributed by atoms with E-state index in [0.29, 0.717) is 18.8 Å². The Hall–Kier alpha value is -0.545. The average Bonchev–Trinajstić information content (AvgIpc) is 2.59. The lowest BCUT2D eigenvalue weighted by Crippen LogP contribution is -2.36. The number of hydrogen-bond donors (Lipinski definition) is 3. The van der Waals surface area contributed by atoms with Crippen LogP contribution < -0.4 is 5.73 Å². The summed E-state index contributed by atoms with van der Waals surface area (Å²) in [7, 11) is 0. The molecule has 0 saturated heterocycles. The van der Waals surface area contributed by atoms with Crippen molar-refractivity contribution in [1.82, 2.24) is 0 Å². The summed E-state index contributed by atoms with van der Waals surface area (Å²) in [6.07, 6.45) is 3.95. The van der Waals surface area contributed by atoms with Crippen LogP contribution in [-0.4, -0.2) is 29.6 Å². The molecule has 2 atom stereocenters. The van der Waals surface area contributed by atoms with Gasteiger partial charge in [0.1, 0.15) is 0 Å². The van der Waals surface area contributed by atoms with E-state index in [1.54, 1.807) is 6.82 Å². The van der Waals surface area contributed by atoms with Gasteiger partial charge < -0.3 is 15.9 Å². The molecule has 0 heterocycles. The van der Waals surface area contributed by atoms with Gasteiger partial charge in [0.15, 0.2) is 0 Å². The monoisotopic (exact) mass is 213 g/mol. The summed E-state index contributed by atoms with van der Waals surface area (Å²) in [5.41, 5.74) is 4.87. The molecule has 1 rings (SSSR count). The van der Waals surface area contributed by atoms with Crippen LogP contribution in [0.1, 0.15) is 25.7 Å². The number of carboxylic acids is 1. The molecule has 4 N–H and O–H groups in total. The molecule has 0 aromatic heterocycles. The molecule has 5 heteroatoms. The van der Waals surface area contributed by atoms with Gasteiger partial charge in [-0.15, -0.1) is 0 Å². The van der Waals surface area contributed by atoms with Crippen molar-refractivity contribution in [2.45, 2.75) is 38.8 Å². The second kappa shape index (κ2) is 4.99. The number of hydrogen-bond acceptors (Lipinski definition) is 3. The standard InChI is InChI=1S/C10H20BNO3/c1-11(15)5-3-8-2-4-10(6-8,7-12)9(13)14/h8,15H,2-7,12H2,1H3,(H,13,14). The van der Waals surface area contributed by atoms with Crippen molar-refractivity contribution in [3.63, 3.8) is 0 Å². The lowest BCUT2D eigenvalue weighted by atomic mass is 9.65. The third-order valence-corrected chi connectivity index (χ3v) is 3.55. The van der Waals surface area contributed by atoms with Crippen LogP contribution in [-0.2, 0) is 4.79 Å². The molecule has 0 aromatic rings. The van der Waals surface area contributed by atoms with Crippen LogP contribution in [0, 0.1) is 11.3 Å². The molecule has 1 aliphatic carbocycles. The molecule has 15 heavy (non-hydrogen) atoms. The molecule has 0 spiro atoms. The first-order chi connectivity index (χ1) is 7.00. The minimum atomic E-state index is -0.760. The third-order valence-electron chi connectivity index (χ3n) is 3.55. The molecular weight excluding hydrogens is 193 g/mol. The summed E-state index contributed by atoms with van der Waals surface area (Å²) in [5.74, 6) is -0.344. The predicted octanol–water partition coefficient (Wildman–Crippen LogP) is 0.820. The van der Waals surface area contributed by atoms with Crippen molar-refractivity contribution in [1.29, 1.82) is 0 Å². The zero-order chi connectivity index (χ0) is 11.5. The van der Waals surface area contributed by atoms with Crippen LogP contribution in [0.4, 0.5) is 0 Å². The largest absolute Gasteiger partial charge is 0.481 e. The van der Waals surface area contributed by atoms with E-state index in [1.807, 2.05) is 0 Å².